The molecule has 3 rings (SSSR count). The molecule has 0 atom stereocenters. The van der Waals surface area contributed by atoms with Gasteiger partial charge in [0.15, 0.2) is 10.4 Å². The zero-order chi connectivity index (χ0) is 13.4. The number of benzene rings is 1. The van der Waals surface area contributed by atoms with E-state index in [-0.39, 0.29) is 0 Å². The second kappa shape index (κ2) is 4.75. The molecule has 0 bridgehead atoms. The van der Waals surface area contributed by atoms with Crippen LogP contribution in [0.25, 0.3) is 17.1 Å². The van der Waals surface area contributed by atoms with Gasteiger partial charge in [0.2, 0.25) is 0 Å². The number of anilines is 1. The number of hydrogen-bond donors (Lipinski definition) is 1. The molecule has 2 N–H and O–H groups in total. The minimum absolute atomic E-state index is 0.518. The van der Waals surface area contributed by atoms with Crippen molar-refractivity contribution in [1.82, 2.24) is 9.78 Å². The second-order valence-corrected chi connectivity index (χ2v) is 5.17. The SMILES string of the molecule is Nc1cc(-c2ccc(Br)o2)nn1-c1cccc(Cl)c1. The van der Waals surface area contributed by atoms with Crippen molar-refractivity contribution in [2.24, 2.45) is 0 Å². The third kappa shape index (κ3) is 2.39. The Morgan fingerprint density at radius 2 is 2.05 bits per heavy atom. The predicted octanol–water partition coefficient (Wildman–Crippen LogP) is 4.13. The Labute approximate surface area is 122 Å². The summed E-state index contributed by atoms with van der Waals surface area (Å²) in [7, 11) is 0. The fourth-order valence-corrected chi connectivity index (χ4v) is 2.27. The van der Waals surface area contributed by atoms with Gasteiger partial charge in [0, 0.05) is 11.1 Å². The summed E-state index contributed by atoms with van der Waals surface area (Å²) in [5.74, 6) is 1.17. The first-order chi connectivity index (χ1) is 9.13. The van der Waals surface area contributed by atoms with Gasteiger partial charge < -0.3 is 10.2 Å². The standard InChI is InChI=1S/C13H9BrClN3O/c14-12-5-4-11(19-12)10-7-13(16)18(17-10)9-3-1-2-8(15)6-9/h1-7H,16H2. The van der Waals surface area contributed by atoms with Crippen LogP contribution in [0.4, 0.5) is 5.82 Å². The van der Waals surface area contributed by atoms with Gasteiger partial charge >= 0.3 is 0 Å². The van der Waals surface area contributed by atoms with Crippen LogP contribution in [-0.2, 0) is 0 Å². The molecule has 0 aliphatic carbocycles. The van der Waals surface area contributed by atoms with E-state index in [9.17, 15) is 0 Å². The van der Waals surface area contributed by atoms with Crippen molar-refractivity contribution in [3.8, 4) is 17.1 Å². The average Bonchev–Trinajstić information content (AvgIpc) is 2.95. The number of rotatable bonds is 2. The van der Waals surface area contributed by atoms with Crippen LogP contribution in [0.2, 0.25) is 5.02 Å². The first-order valence-corrected chi connectivity index (χ1v) is 6.68. The van der Waals surface area contributed by atoms with Crippen LogP contribution in [0, 0.1) is 0 Å². The van der Waals surface area contributed by atoms with Crippen LogP contribution in [0.15, 0.2) is 51.6 Å². The molecule has 96 valence electrons. The number of nitrogens with two attached hydrogens (primary N) is 1. The topological polar surface area (TPSA) is 57.0 Å². The third-order valence-electron chi connectivity index (χ3n) is 2.62. The molecule has 0 saturated carbocycles. The number of nitrogens with zero attached hydrogens (tertiary/aromatic N) is 2. The maximum atomic E-state index is 5.97. The number of hydrogen-bond acceptors (Lipinski definition) is 3. The van der Waals surface area contributed by atoms with E-state index in [0.717, 1.165) is 5.69 Å². The van der Waals surface area contributed by atoms with Crippen LogP contribution in [-0.4, -0.2) is 9.78 Å². The first-order valence-electron chi connectivity index (χ1n) is 5.51. The van der Waals surface area contributed by atoms with Gasteiger partial charge in [-0.1, -0.05) is 17.7 Å². The van der Waals surface area contributed by atoms with E-state index < -0.39 is 0 Å². The van der Waals surface area contributed by atoms with Gasteiger partial charge in [0.05, 0.1) is 5.69 Å². The van der Waals surface area contributed by atoms with E-state index in [1.165, 1.54) is 0 Å². The molecule has 0 aliphatic rings. The van der Waals surface area contributed by atoms with E-state index in [0.29, 0.717) is 27.0 Å². The summed E-state index contributed by atoms with van der Waals surface area (Å²) >= 11 is 9.23. The summed E-state index contributed by atoms with van der Waals surface area (Å²) in [6, 6.07) is 12.7. The van der Waals surface area contributed by atoms with Crippen molar-refractivity contribution in [3.05, 3.63) is 52.2 Å². The van der Waals surface area contributed by atoms with E-state index >= 15 is 0 Å². The molecule has 4 nitrogen and oxygen atoms in total. The van der Waals surface area contributed by atoms with Crippen LogP contribution in [0.1, 0.15) is 0 Å². The van der Waals surface area contributed by atoms with E-state index in [2.05, 4.69) is 21.0 Å². The normalized spacial score (nSPS) is 10.8. The Hall–Kier alpha value is -1.72. The lowest BCUT2D eigenvalue weighted by atomic mass is 10.3. The lowest BCUT2D eigenvalue weighted by Crippen LogP contribution is -2.01. The minimum Gasteiger partial charge on any atom is -0.448 e. The van der Waals surface area contributed by atoms with Crippen molar-refractivity contribution < 1.29 is 4.42 Å². The Morgan fingerprint density at radius 3 is 2.74 bits per heavy atom. The fourth-order valence-electron chi connectivity index (χ4n) is 1.78. The molecule has 2 aromatic heterocycles. The van der Waals surface area contributed by atoms with Gasteiger partial charge in [0.25, 0.3) is 0 Å². The molecule has 0 aliphatic heterocycles. The number of nitrogen functional groups attached to an aromatic ring is 1. The quantitative estimate of drug-likeness (QED) is 0.764. The monoisotopic (exact) mass is 337 g/mol. The van der Waals surface area contributed by atoms with Gasteiger partial charge in [-0.3, -0.25) is 0 Å². The number of aromatic nitrogens is 2. The van der Waals surface area contributed by atoms with Gasteiger partial charge in [-0.05, 0) is 46.3 Å². The van der Waals surface area contributed by atoms with Gasteiger partial charge in [0.1, 0.15) is 11.5 Å². The molecule has 0 fully saturated rings. The Balaban J connectivity index is 2.07. The smallest absolute Gasteiger partial charge is 0.169 e. The summed E-state index contributed by atoms with van der Waals surface area (Å²) in [6.07, 6.45) is 0. The molecule has 0 saturated heterocycles. The molecule has 19 heavy (non-hydrogen) atoms. The Bertz CT molecular complexity index is 735. The molecule has 0 spiro atoms. The maximum absolute atomic E-state index is 5.97. The highest BCUT2D eigenvalue weighted by Crippen LogP contribution is 2.27. The summed E-state index contributed by atoms with van der Waals surface area (Å²) in [5.41, 5.74) is 7.45. The summed E-state index contributed by atoms with van der Waals surface area (Å²) in [6.45, 7) is 0. The molecule has 6 heteroatoms. The maximum Gasteiger partial charge on any atom is 0.169 e. The van der Waals surface area contributed by atoms with Crippen molar-refractivity contribution in [2.45, 2.75) is 0 Å². The van der Waals surface area contributed by atoms with E-state index in [4.69, 9.17) is 21.8 Å². The molecule has 3 aromatic rings. The summed E-state index contributed by atoms with van der Waals surface area (Å²) in [5, 5.41) is 5.06. The Kier molecular flexibility index (Phi) is 3.08. The van der Waals surface area contributed by atoms with Crippen LogP contribution in [0.5, 0.6) is 0 Å². The van der Waals surface area contributed by atoms with Crippen LogP contribution < -0.4 is 5.73 Å². The van der Waals surface area contributed by atoms with Crippen molar-refractivity contribution >= 4 is 33.3 Å². The largest absolute Gasteiger partial charge is 0.448 e. The van der Waals surface area contributed by atoms with E-state index in [1.807, 2.05) is 24.3 Å². The highest BCUT2D eigenvalue weighted by atomic mass is 79.9. The molecule has 1 aromatic carbocycles. The fraction of sp³-hybridized carbons (Fsp3) is 0. The lowest BCUT2D eigenvalue weighted by Gasteiger charge is -2.03. The van der Waals surface area contributed by atoms with Crippen molar-refractivity contribution in [3.63, 3.8) is 0 Å². The second-order valence-electron chi connectivity index (χ2n) is 3.95. The molecular formula is C13H9BrClN3O. The first kappa shape index (κ1) is 12.3. The minimum atomic E-state index is 0.518. The predicted molar refractivity (Wildman–Crippen MR) is 78.4 cm³/mol. The van der Waals surface area contributed by atoms with Gasteiger partial charge in [-0.2, -0.15) is 5.10 Å². The van der Waals surface area contributed by atoms with E-state index in [1.54, 1.807) is 22.9 Å². The molecule has 2 heterocycles. The molecule has 0 radical (unpaired) electrons. The number of halogens is 2. The van der Waals surface area contributed by atoms with Crippen molar-refractivity contribution in [1.29, 1.82) is 0 Å². The molecule has 0 unspecified atom stereocenters. The highest BCUT2D eigenvalue weighted by molar-refractivity contribution is 9.10. The van der Waals surface area contributed by atoms with Crippen molar-refractivity contribution in [2.75, 3.05) is 5.73 Å². The Morgan fingerprint density at radius 1 is 1.21 bits per heavy atom. The summed E-state index contributed by atoms with van der Waals surface area (Å²) < 4.78 is 7.73. The van der Waals surface area contributed by atoms with Gasteiger partial charge in [-0.15, -0.1) is 0 Å². The van der Waals surface area contributed by atoms with Crippen LogP contribution in [0.3, 0.4) is 0 Å². The molecular weight excluding hydrogens is 330 g/mol. The van der Waals surface area contributed by atoms with Gasteiger partial charge in [-0.25, -0.2) is 4.68 Å². The lowest BCUT2D eigenvalue weighted by molar-refractivity contribution is 0.553. The third-order valence-corrected chi connectivity index (χ3v) is 3.28. The zero-order valence-electron chi connectivity index (χ0n) is 9.68. The zero-order valence-corrected chi connectivity index (χ0v) is 12.0. The average molecular weight is 339 g/mol. The summed E-state index contributed by atoms with van der Waals surface area (Å²) in [4.78, 5) is 0. The molecule has 0 amide bonds. The highest BCUT2D eigenvalue weighted by Gasteiger charge is 2.11. The number of furan rings is 1. The van der Waals surface area contributed by atoms with Crippen LogP contribution >= 0.6 is 27.5 Å².